The van der Waals surface area contributed by atoms with Crippen LogP contribution in [0, 0.1) is 11.6 Å². The molecule has 1 heterocycles. The van der Waals surface area contributed by atoms with E-state index in [1.54, 1.807) is 0 Å². The second-order valence-electron chi connectivity index (χ2n) is 3.47. The quantitative estimate of drug-likeness (QED) is 0.635. The summed E-state index contributed by atoms with van der Waals surface area (Å²) in [7, 11) is 0. The van der Waals surface area contributed by atoms with Crippen LogP contribution in [0.4, 0.5) is 27.6 Å². The maximum Gasteiger partial charge on any atom is 0.419 e. The van der Waals surface area contributed by atoms with Gasteiger partial charge in [0.2, 0.25) is 0 Å². The van der Waals surface area contributed by atoms with Crippen LogP contribution in [0.15, 0.2) is 24.5 Å². The molecule has 0 spiro atoms. The third kappa shape index (κ3) is 2.01. The molecule has 0 aliphatic heterocycles. The molecule has 1 aromatic carbocycles. The van der Waals surface area contributed by atoms with Gasteiger partial charge in [0.1, 0.15) is 5.69 Å². The number of hydrogen-bond donors (Lipinski definition) is 1. The molecule has 0 aliphatic carbocycles. The first-order valence-corrected chi connectivity index (χ1v) is 4.66. The number of aromatic nitrogens is 2. The first-order chi connectivity index (χ1) is 8.30. The highest BCUT2D eigenvalue weighted by molar-refractivity contribution is 5.58. The molecule has 0 radical (unpaired) electrons. The van der Waals surface area contributed by atoms with Crippen molar-refractivity contribution < 1.29 is 22.0 Å². The van der Waals surface area contributed by atoms with Gasteiger partial charge in [0.25, 0.3) is 0 Å². The molecule has 8 heteroatoms. The molecular weight excluding hydrogens is 257 g/mol. The highest BCUT2D eigenvalue weighted by Gasteiger charge is 2.32. The monoisotopic (exact) mass is 263 g/mol. The van der Waals surface area contributed by atoms with Crippen molar-refractivity contribution >= 4 is 5.69 Å². The van der Waals surface area contributed by atoms with Gasteiger partial charge in [0, 0.05) is 6.20 Å². The summed E-state index contributed by atoms with van der Waals surface area (Å²) in [6.45, 7) is 0. The Morgan fingerprint density at radius 2 is 1.83 bits per heavy atom. The van der Waals surface area contributed by atoms with Crippen LogP contribution in [0.1, 0.15) is 5.56 Å². The van der Waals surface area contributed by atoms with Crippen LogP contribution < -0.4 is 5.73 Å². The second-order valence-corrected chi connectivity index (χ2v) is 3.47. The number of nitrogens with two attached hydrogens (primary N) is 1. The van der Waals surface area contributed by atoms with Crippen molar-refractivity contribution in [2.75, 3.05) is 5.73 Å². The van der Waals surface area contributed by atoms with Crippen LogP contribution in [0.5, 0.6) is 0 Å². The average Bonchev–Trinajstić information content (AvgIpc) is 2.73. The molecule has 0 aliphatic rings. The predicted molar refractivity (Wildman–Crippen MR) is 52.9 cm³/mol. The maximum absolute atomic E-state index is 13.5. The number of anilines is 1. The van der Waals surface area contributed by atoms with Gasteiger partial charge in [-0.2, -0.15) is 18.3 Å². The van der Waals surface area contributed by atoms with Gasteiger partial charge < -0.3 is 5.73 Å². The van der Waals surface area contributed by atoms with E-state index in [1.807, 2.05) is 0 Å². The lowest BCUT2D eigenvalue weighted by atomic mass is 10.2. The van der Waals surface area contributed by atoms with Gasteiger partial charge in [-0.15, -0.1) is 0 Å². The SMILES string of the molecule is Nc1ccc(F)c(F)c1-n1cc(C(F)(F)F)cn1. The third-order valence-electron chi connectivity index (χ3n) is 2.24. The summed E-state index contributed by atoms with van der Waals surface area (Å²) >= 11 is 0. The predicted octanol–water partition coefficient (Wildman–Crippen LogP) is 2.75. The average molecular weight is 263 g/mol. The molecule has 0 saturated heterocycles. The minimum atomic E-state index is -4.61. The van der Waals surface area contributed by atoms with Crippen molar-refractivity contribution in [3.05, 3.63) is 41.7 Å². The number of alkyl halides is 3. The molecule has 96 valence electrons. The van der Waals surface area contributed by atoms with Crippen LogP contribution >= 0.6 is 0 Å². The molecule has 2 aromatic rings. The van der Waals surface area contributed by atoms with Gasteiger partial charge in [-0.25, -0.2) is 13.5 Å². The number of rotatable bonds is 1. The summed E-state index contributed by atoms with van der Waals surface area (Å²) < 4.78 is 64.0. The minimum absolute atomic E-state index is 0.217. The van der Waals surface area contributed by atoms with E-state index in [9.17, 15) is 22.0 Å². The molecule has 0 amide bonds. The van der Waals surface area contributed by atoms with Crippen molar-refractivity contribution in [2.45, 2.75) is 6.18 Å². The van der Waals surface area contributed by atoms with Crippen molar-refractivity contribution in [1.29, 1.82) is 0 Å². The first-order valence-electron chi connectivity index (χ1n) is 4.66. The molecule has 0 bridgehead atoms. The highest BCUT2D eigenvalue weighted by Crippen LogP contribution is 2.30. The molecule has 18 heavy (non-hydrogen) atoms. The number of nitrogens with zero attached hydrogens (tertiary/aromatic N) is 2. The van der Waals surface area contributed by atoms with E-state index in [0.717, 1.165) is 12.1 Å². The van der Waals surface area contributed by atoms with Gasteiger partial charge in [0.05, 0.1) is 17.4 Å². The Morgan fingerprint density at radius 3 is 2.39 bits per heavy atom. The molecule has 2 N–H and O–H groups in total. The summed E-state index contributed by atoms with van der Waals surface area (Å²) in [5.41, 5.74) is 3.55. The zero-order chi connectivity index (χ0) is 13.5. The van der Waals surface area contributed by atoms with Gasteiger partial charge in [0.15, 0.2) is 11.6 Å². The van der Waals surface area contributed by atoms with Crippen LogP contribution in [0.25, 0.3) is 5.69 Å². The van der Waals surface area contributed by atoms with Crippen molar-refractivity contribution in [2.24, 2.45) is 0 Å². The molecule has 0 atom stereocenters. The van der Waals surface area contributed by atoms with Crippen molar-refractivity contribution in [1.82, 2.24) is 9.78 Å². The van der Waals surface area contributed by atoms with Crippen LogP contribution in [0.3, 0.4) is 0 Å². The molecule has 1 aromatic heterocycles. The summed E-state index contributed by atoms with van der Waals surface area (Å²) in [6.07, 6.45) is -3.57. The number of nitrogen functional groups attached to an aromatic ring is 1. The Labute approximate surface area is 97.6 Å². The minimum Gasteiger partial charge on any atom is -0.397 e. The Balaban J connectivity index is 2.57. The first kappa shape index (κ1) is 12.3. The summed E-state index contributed by atoms with van der Waals surface area (Å²) in [6, 6.07) is 1.82. The van der Waals surface area contributed by atoms with E-state index in [-0.39, 0.29) is 5.69 Å². The third-order valence-corrected chi connectivity index (χ3v) is 2.24. The summed E-state index contributed by atoms with van der Waals surface area (Å²) in [5, 5.41) is 3.33. The van der Waals surface area contributed by atoms with Gasteiger partial charge >= 0.3 is 6.18 Å². The lowest BCUT2D eigenvalue weighted by molar-refractivity contribution is -0.137. The zero-order valence-corrected chi connectivity index (χ0v) is 8.67. The molecule has 3 nitrogen and oxygen atoms in total. The van der Waals surface area contributed by atoms with Crippen molar-refractivity contribution in [3.63, 3.8) is 0 Å². The Bertz CT molecular complexity index is 588. The Hall–Kier alpha value is -2.12. The molecular formula is C10H6F5N3. The van der Waals surface area contributed by atoms with Gasteiger partial charge in [-0.1, -0.05) is 0 Å². The summed E-state index contributed by atoms with van der Waals surface area (Å²) in [4.78, 5) is 0. The van der Waals surface area contributed by atoms with Crippen molar-refractivity contribution in [3.8, 4) is 5.69 Å². The molecule has 2 rings (SSSR count). The van der Waals surface area contributed by atoms with E-state index in [2.05, 4.69) is 5.10 Å². The number of hydrogen-bond acceptors (Lipinski definition) is 2. The van der Waals surface area contributed by atoms with Crippen LogP contribution in [-0.2, 0) is 6.18 Å². The topological polar surface area (TPSA) is 43.8 Å². The fourth-order valence-electron chi connectivity index (χ4n) is 1.38. The lowest BCUT2D eigenvalue weighted by Gasteiger charge is -2.07. The van der Waals surface area contributed by atoms with Crippen LogP contribution in [-0.4, -0.2) is 9.78 Å². The Kier molecular flexibility index (Phi) is 2.72. The normalized spacial score (nSPS) is 11.8. The maximum atomic E-state index is 13.5. The lowest BCUT2D eigenvalue weighted by Crippen LogP contribution is -2.06. The standard InChI is InChI=1S/C10H6F5N3/c11-6-1-2-7(16)9(8(6)12)18-4-5(3-17-18)10(13,14)15/h1-4H,16H2. The van der Waals surface area contributed by atoms with Crippen LogP contribution in [0.2, 0.25) is 0 Å². The number of benzene rings is 1. The van der Waals surface area contributed by atoms with Gasteiger partial charge in [-0.05, 0) is 12.1 Å². The molecule has 0 unspecified atom stereocenters. The van der Waals surface area contributed by atoms with E-state index in [0.29, 0.717) is 17.1 Å². The Morgan fingerprint density at radius 1 is 1.17 bits per heavy atom. The smallest absolute Gasteiger partial charge is 0.397 e. The van der Waals surface area contributed by atoms with E-state index >= 15 is 0 Å². The molecule has 0 saturated carbocycles. The number of halogens is 5. The largest absolute Gasteiger partial charge is 0.419 e. The van der Waals surface area contributed by atoms with Gasteiger partial charge in [-0.3, -0.25) is 0 Å². The molecule has 0 fully saturated rings. The van der Waals surface area contributed by atoms with E-state index in [1.165, 1.54) is 0 Å². The van der Waals surface area contributed by atoms with E-state index < -0.39 is 29.1 Å². The fourth-order valence-corrected chi connectivity index (χ4v) is 1.38. The van der Waals surface area contributed by atoms with E-state index in [4.69, 9.17) is 5.73 Å². The fraction of sp³-hybridized carbons (Fsp3) is 0.100. The summed E-state index contributed by atoms with van der Waals surface area (Å²) in [5.74, 6) is -2.57. The zero-order valence-electron chi connectivity index (χ0n) is 8.67. The second kappa shape index (κ2) is 3.97. The highest BCUT2D eigenvalue weighted by atomic mass is 19.4.